The quantitative estimate of drug-likeness (QED) is 0.358. The third kappa shape index (κ3) is 4.76. The summed E-state index contributed by atoms with van der Waals surface area (Å²) in [7, 11) is 3.19. The molecule has 4 rings (SSSR count). The van der Waals surface area contributed by atoms with E-state index in [-0.39, 0.29) is 5.75 Å². The van der Waals surface area contributed by atoms with Crippen LogP contribution in [0.2, 0.25) is 0 Å². The van der Waals surface area contributed by atoms with Gasteiger partial charge in [0.25, 0.3) is 5.89 Å². The van der Waals surface area contributed by atoms with Crippen molar-refractivity contribution in [2.75, 3.05) is 27.4 Å². The van der Waals surface area contributed by atoms with Gasteiger partial charge in [-0.05, 0) is 56.2 Å². The van der Waals surface area contributed by atoms with Gasteiger partial charge in [-0.2, -0.15) is 4.98 Å². The number of ether oxygens (including phenoxy) is 2. The molecule has 8 nitrogen and oxygen atoms in total. The van der Waals surface area contributed by atoms with E-state index in [1.807, 2.05) is 49.1 Å². The van der Waals surface area contributed by atoms with E-state index in [4.69, 9.17) is 31.2 Å². The fraction of sp³-hybridized carbons (Fsp3) is 0.320. The molecule has 0 fully saturated rings. The molecule has 0 spiro atoms. The lowest BCUT2D eigenvalue weighted by Crippen LogP contribution is -2.46. The van der Waals surface area contributed by atoms with E-state index in [0.29, 0.717) is 35.7 Å². The van der Waals surface area contributed by atoms with Crippen molar-refractivity contribution in [3.63, 3.8) is 0 Å². The highest BCUT2D eigenvalue weighted by molar-refractivity contribution is 7.80. The number of hydrogen-bond acceptors (Lipinski definition) is 7. The molecule has 34 heavy (non-hydrogen) atoms. The largest absolute Gasteiger partial charge is 0.504 e. The van der Waals surface area contributed by atoms with Crippen LogP contribution in [-0.2, 0) is 4.74 Å². The molecule has 1 aromatic heterocycles. The van der Waals surface area contributed by atoms with Gasteiger partial charge in [-0.15, -0.1) is 0 Å². The van der Waals surface area contributed by atoms with Crippen molar-refractivity contribution in [3.05, 3.63) is 65.2 Å². The average Bonchev–Trinajstić information content (AvgIpc) is 3.30. The van der Waals surface area contributed by atoms with E-state index in [2.05, 4.69) is 10.5 Å². The van der Waals surface area contributed by atoms with Crippen LogP contribution in [0.25, 0.3) is 17.0 Å². The highest BCUT2D eigenvalue weighted by atomic mass is 32.1. The second-order valence-electron chi connectivity index (χ2n) is 8.10. The Hall–Kier alpha value is -3.43. The maximum atomic E-state index is 10.4. The number of methoxy groups -OCH3 is 2. The number of aromatic nitrogens is 2. The van der Waals surface area contributed by atoms with Crippen LogP contribution in [-0.4, -0.2) is 52.6 Å². The number of aryl methyl sites for hydroxylation is 1. The Bertz CT molecular complexity index is 1220. The number of nitrogens with one attached hydrogen (secondary N) is 1. The summed E-state index contributed by atoms with van der Waals surface area (Å²) in [6, 6.07) is 12.8. The summed E-state index contributed by atoms with van der Waals surface area (Å²) in [6.45, 7) is 5.31. The zero-order chi connectivity index (χ0) is 24.2. The molecule has 2 N–H and O–H groups in total. The third-order valence-electron chi connectivity index (χ3n) is 5.80. The van der Waals surface area contributed by atoms with Gasteiger partial charge in [0.2, 0.25) is 5.82 Å². The van der Waals surface area contributed by atoms with Gasteiger partial charge in [0.05, 0.1) is 18.7 Å². The van der Waals surface area contributed by atoms with Crippen LogP contribution in [0.1, 0.15) is 36.4 Å². The lowest BCUT2D eigenvalue weighted by molar-refractivity contribution is 0.188. The number of allylic oxidation sites excluding steroid dienone is 1. The normalized spacial score (nSPS) is 16.1. The Morgan fingerprint density at radius 1 is 1.18 bits per heavy atom. The van der Waals surface area contributed by atoms with Gasteiger partial charge in [0.15, 0.2) is 16.6 Å². The Balaban J connectivity index is 1.79. The molecule has 0 saturated heterocycles. The summed E-state index contributed by atoms with van der Waals surface area (Å²) in [4.78, 5) is 6.74. The molecule has 178 valence electrons. The SMILES string of the molecule is COCCCN1C(=S)NC(c2ccc(OC)c(O)c2)C(c2nc(-c3cccc(C)c3)no2)=C1C. The first-order valence-electron chi connectivity index (χ1n) is 11.0. The van der Waals surface area contributed by atoms with Crippen LogP contribution in [0.5, 0.6) is 11.5 Å². The number of thiocarbonyl (C=S) groups is 1. The Morgan fingerprint density at radius 3 is 2.71 bits per heavy atom. The van der Waals surface area contributed by atoms with Crippen LogP contribution < -0.4 is 10.1 Å². The fourth-order valence-electron chi connectivity index (χ4n) is 4.07. The maximum absolute atomic E-state index is 10.4. The maximum Gasteiger partial charge on any atom is 0.258 e. The van der Waals surface area contributed by atoms with Crippen molar-refractivity contribution in [2.45, 2.75) is 26.3 Å². The van der Waals surface area contributed by atoms with Crippen molar-refractivity contribution in [2.24, 2.45) is 0 Å². The minimum Gasteiger partial charge on any atom is -0.504 e. The van der Waals surface area contributed by atoms with E-state index in [1.54, 1.807) is 19.2 Å². The Kier molecular flexibility index (Phi) is 7.14. The van der Waals surface area contributed by atoms with Crippen LogP contribution in [0.15, 0.2) is 52.7 Å². The number of phenols is 1. The minimum absolute atomic E-state index is 0.0400. The van der Waals surface area contributed by atoms with Crippen LogP contribution in [0.4, 0.5) is 0 Å². The predicted molar refractivity (Wildman–Crippen MR) is 133 cm³/mol. The fourth-order valence-corrected chi connectivity index (χ4v) is 4.41. The first-order chi connectivity index (χ1) is 16.4. The zero-order valence-corrected chi connectivity index (χ0v) is 20.5. The number of nitrogens with zero attached hydrogens (tertiary/aromatic N) is 3. The molecule has 0 aliphatic carbocycles. The Morgan fingerprint density at radius 2 is 2.00 bits per heavy atom. The number of benzene rings is 2. The smallest absolute Gasteiger partial charge is 0.258 e. The van der Waals surface area contributed by atoms with Gasteiger partial charge in [0, 0.05) is 31.5 Å². The van der Waals surface area contributed by atoms with E-state index in [9.17, 15) is 5.11 Å². The van der Waals surface area contributed by atoms with Gasteiger partial charge in [-0.3, -0.25) is 0 Å². The van der Waals surface area contributed by atoms with E-state index in [0.717, 1.165) is 34.4 Å². The molecule has 1 atom stereocenters. The van der Waals surface area contributed by atoms with Gasteiger partial charge < -0.3 is 29.3 Å². The third-order valence-corrected chi connectivity index (χ3v) is 6.13. The van der Waals surface area contributed by atoms with Crippen molar-refractivity contribution >= 4 is 22.9 Å². The summed E-state index contributed by atoms with van der Waals surface area (Å²) >= 11 is 5.70. The van der Waals surface area contributed by atoms with Crippen molar-refractivity contribution in [1.29, 1.82) is 0 Å². The molecule has 1 aliphatic heterocycles. The standard InChI is InChI=1S/C25H28N4O4S/c1-15-7-5-8-18(13-15)23-27-24(33-28-23)21-16(2)29(11-6-12-31-3)25(34)26-22(21)17-9-10-20(32-4)19(30)14-17/h5,7-10,13-14,22,30H,6,11-12H2,1-4H3,(H,26,34). The second-order valence-corrected chi connectivity index (χ2v) is 8.49. The lowest BCUT2D eigenvalue weighted by Gasteiger charge is -2.37. The van der Waals surface area contributed by atoms with Gasteiger partial charge >= 0.3 is 0 Å². The molecule has 0 bridgehead atoms. The summed E-state index contributed by atoms with van der Waals surface area (Å²) in [6.07, 6.45) is 0.801. The van der Waals surface area contributed by atoms with Crippen molar-refractivity contribution in [1.82, 2.24) is 20.4 Å². The molecule has 3 aromatic rings. The molecule has 0 radical (unpaired) electrons. The van der Waals surface area contributed by atoms with E-state index < -0.39 is 6.04 Å². The van der Waals surface area contributed by atoms with E-state index >= 15 is 0 Å². The molecule has 0 saturated carbocycles. The first-order valence-corrected chi connectivity index (χ1v) is 11.4. The summed E-state index contributed by atoms with van der Waals surface area (Å²) in [5.41, 5.74) is 4.48. The second kappa shape index (κ2) is 10.2. The minimum atomic E-state index is -0.395. The first kappa shape index (κ1) is 23.7. The number of hydrogen-bond donors (Lipinski definition) is 2. The molecule has 1 unspecified atom stereocenters. The topological polar surface area (TPSA) is 92.9 Å². The molecular weight excluding hydrogens is 452 g/mol. The van der Waals surface area contributed by atoms with Crippen molar-refractivity contribution in [3.8, 4) is 22.9 Å². The molecular formula is C25H28N4O4S. The van der Waals surface area contributed by atoms with Gasteiger partial charge in [-0.25, -0.2) is 0 Å². The van der Waals surface area contributed by atoms with Crippen LogP contribution >= 0.6 is 12.2 Å². The van der Waals surface area contributed by atoms with Crippen LogP contribution in [0, 0.1) is 6.92 Å². The number of phenolic OH excluding ortho intramolecular Hbond substituents is 1. The Labute approximate surface area is 204 Å². The monoisotopic (exact) mass is 480 g/mol. The molecule has 9 heteroatoms. The number of aromatic hydroxyl groups is 1. The van der Waals surface area contributed by atoms with E-state index in [1.165, 1.54) is 7.11 Å². The molecule has 0 amide bonds. The zero-order valence-electron chi connectivity index (χ0n) is 19.7. The summed E-state index contributed by atoms with van der Waals surface area (Å²) in [5.74, 6) is 1.33. The van der Waals surface area contributed by atoms with Gasteiger partial charge in [0.1, 0.15) is 0 Å². The summed E-state index contributed by atoms with van der Waals surface area (Å²) < 4.78 is 16.2. The number of rotatable bonds is 8. The van der Waals surface area contributed by atoms with Crippen molar-refractivity contribution < 1.29 is 19.1 Å². The molecule has 2 heterocycles. The highest BCUT2D eigenvalue weighted by Gasteiger charge is 2.34. The molecule has 2 aromatic carbocycles. The molecule has 1 aliphatic rings. The lowest BCUT2D eigenvalue weighted by atomic mass is 9.94. The van der Waals surface area contributed by atoms with Gasteiger partial charge in [-0.1, -0.05) is 35.0 Å². The predicted octanol–water partition coefficient (Wildman–Crippen LogP) is 4.46. The van der Waals surface area contributed by atoms with Crippen LogP contribution in [0.3, 0.4) is 0 Å². The summed E-state index contributed by atoms with van der Waals surface area (Å²) in [5, 5.41) is 18.6. The highest BCUT2D eigenvalue weighted by Crippen LogP contribution is 2.39. The average molecular weight is 481 g/mol.